The molecule has 3 aromatic rings. The van der Waals surface area contributed by atoms with Crippen LogP contribution in [0.3, 0.4) is 0 Å². The van der Waals surface area contributed by atoms with E-state index in [1.807, 2.05) is 79.4 Å². The molecule has 6 heteroatoms. The first-order valence-corrected chi connectivity index (χ1v) is 11.8. The first kappa shape index (κ1) is 22.6. The smallest absolute Gasteiger partial charge is 0.323 e. The van der Waals surface area contributed by atoms with Crippen LogP contribution in [0.5, 0.6) is 0 Å². The summed E-state index contributed by atoms with van der Waals surface area (Å²) in [6, 6.07) is 19.1. The molecule has 0 aliphatic carbocycles. The van der Waals surface area contributed by atoms with Crippen molar-refractivity contribution in [3.63, 3.8) is 0 Å². The van der Waals surface area contributed by atoms with Crippen LogP contribution in [0.4, 0.5) is 21.9 Å². The lowest BCUT2D eigenvalue weighted by Gasteiger charge is -2.31. The lowest BCUT2D eigenvalue weighted by atomic mass is 10.1. The van der Waals surface area contributed by atoms with Crippen LogP contribution in [-0.2, 0) is 0 Å². The number of carbonyl (C=O) groups is 2. The molecule has 0 bridgehead atoms. The molecule has 1 aliphatic rings. The van der Waals surface area contributed by atoms with Crippen molar-refractivity contribution in [2.24, 2.45) is 0 Å². The van der Waals surface area contributed by atoms with Crippen molar-refractivity contribution in [1.29, 1.82) is 0 Å². The molecule has 1 fully saturated rings. The van der Waals surface area contributed by atoms with Crippen LogP contribution in [0.15, 0.2) is 60.7 Å². The topological polar surface area (TPSA) is 64.7 Å². The minimum absolute atomic E-state index is 0.00122. The van der Waals surface area contributed by atoms with Crippen LogP contribution < -0.4 is 15.5 Å². The summed E-state index contributed by atoms with van der Waals surface area (Å²) in [6.07, 6.45) is 3.49. The fourth-order valence-electron chi connectivity index (χ4n) is 4.50. The summed E-state index contributed by atoms with van der Waals surface area (Å²) in [5.74, 6) is -0.00122. The standard InChI is InChI=1S/C27H32N4O2/c1-3-30(4-2)26(32)23-19-21(15-16-25(23)31-17-8-5-9-18-31)28-27(33)29-24-14-10-12-20-11-6-7-13-22(20)24/h6-7,10-16,19H,3-5,8-9,17-18H2,1-2H3,(H2,28,29,33). The highest BCUT2D eigenvalue weighted by atomic mass is 16.2. The lowest BCUT2D eigenvalue weighted by Crippen LogP contribution is -2.35. The molecule has 6 nitrogen and oxygen atoms in total. The molecule has 4 rings (SSSR count). The van der Waals surface area contributed by atoms with Crippen LogP contribution >= 0.6 is 0 Å². The summed E-state index contributed by atoms with van der Waals surface area (Å²) >= 11 is 0. The highest BCUT2D eigenvalue weighted by molar-refractivity contribution is 6.07. The average Bonchev–Trinajstić information content (AvgIpc) is 2.85. The number of nitrogens with one attached hydrogen (secondary N) is 2. The van der Waals surface area contributed by atoms with Crippen LogP contribution in [0.25, 0.3) is 10.8 Å². The number of piperidine rings is 1. The molecule has 1 heterocycles. The van der Waals surface area contributed by atoms with Crippen molar-refractivity contribution >= 4 is 39.8 Å². The Labute approximate surface area is 195 Å². The number of rotatable bonds is 6. The van der Waals surface area contributed by atoms with E-state index in [0.717, 1.165) is 48.1 Å². The Hall–Kier alpha value is -3.54. The molecule has 0 aromatic heterocycles. The molecule has 1 saturated heterocycles. The largest absolute Gasteiger partial charge is 0.371 e. The van der Waals surface area contributed by atoms with Gasteiger partial charge in [0.2, 0.25) is 0 Å². The van der Waals surface area contributed by atoms with E-state index < -0.39 is 0 Å². The minimum atomic E-state index is -0.335. The molecule has 3 amide bonds. The molecule has 3 aromatic carbocycles. The van der Waals surface area contributed by atoms with E-state index in [1.165, 1.54) is 6.42 Å². The summed E-state index contributed by atoms with van der Waals surface area (Å²) in [6.45, 7) is 7.17. The fourth-order valence-corrected chi connectivity index (χ4v) is 4.50. The van der Waals surface area contributed by atoms with Gasteiger partial charge >= 0.3 is 6.03 Å². The predicted molar refractivity (Wildman–Crippen MR) is 136 cm³/mol. The average molecular weight is 445 g/mol. The first-order valence-electron chi connectivity index (χ1n) is 11.8. The van der Waals surface area contributed by atoms with Crippen molar-refractivity contribution in [1.82, 2.24) is 4.90 Å². The maximum Gasteiger partial charge on any atom is 0.323 e. The van der Waals surface area contributed by atoms with Gasteiger partial charge in [-0.25, -0.2) is 4.79 Å². The summed E-state index contributed by atoms with van der Waals surface area (Å²) in [5.41, 5.74) is 2.94. The number of benzene rings is 3. The maximum atomic E-state index is 13.3. The monoisotopic (exact) mass is 444 g/mol. The van der Waals surface area contributed by atoms with Gasteiger partial charge in [0.05, 0.1) is 11.3 Å². The number of anilines is 3. The van der Waals surface area contributed by atoms with Crippen LogP contribution in [0, 0.1) is 0 Å². The number of hydrogen-bond donors (Lipinski definition) is 2. The molecule has 33 heavy (non-hydrogen) atoms. The van der Waals surface area contributed by atoms with E-state index in [0.29, 0.717) is 24.3 Å². The number of nitrogens with zero attached hydrogens (tertiary/aromatic N) is 2. The van der Waals surface area contributed by atoms with E-state index in [1.54, 1.807) is 0 Å². The van der Waals surface area contributed by atoms with Crippen LogP contribution in [0.2, 0.25) is 0 Å². The van der Waals surface area contributed by atoms with E-state index >= 15 is 0 Å². The Morgan fingerprint density at radius 1 is 0.879 bits per heavy atom. The zero-order valence-electron chi connectivity index (χ0n) is 19.4. The molecule has 172 valence electrons. The quantitative estimate of drug-likeness (QED) is 0.493. The van der Waals surface area contributed by atoms with Crippen molar-refractivity contribution in [3.8, 4) is 0 Å². The highest BCUT2D eigenvalue weighted by Gasteiger charge is 2.22. The molecule has 0 spiro atoms. The molecule has 0 radical (unpaired) electrons. The maximum absolute atomic E-state index is 13.3. The van der Waals surface area contributed by atoms with Gasteiger partial charge in [-0.2, -0.15) is 0 Å². The van der Waals surface area contributed by atoms with Gasteiger partial charge in [0.15, 0.2) is 0 Å². The summed E-state index contributed by atoms with van der Waals surface area (Å²) in [5, 5.41) is 7.91. The third-order valence-electron chi connectivity index (χ3n) is 6.27. The van der Waals surface area contributed by atoms with E-state index in [2.05, 4.69) is 15.5 Å². The molecular weight excluding hydrogens is 412 g/mol. The van der Waals surface area contributed by atoms with Crippen molar-refractivity contribution in [2.75, 3.05) is 41.7 Å². The van der Waals surface area contributed by atoms with Crippen molar-refractivity contribution in [3.05, 3.63) is 66.2 Å². The zero-order valence-corrected chi connectivity index (χ0v) is 19.4. The van der Waals surface area contributed by atoms with E-state index in [9.17, 15) is 9.59 Å². The van der Waals surface area contributed by atoms with E-state index in [-0.39, 0.29) is 11.9 Å². The molecule has 0 unspecified atom stereocenters. The zero-order chi connectivity index (χ0) is 23.2. The Kier molecular flexibility index (Phi) is 7.13. The SMILES string of the molecule is CCN(CC)C(=O)c1cc(NC(=O)Nc2cccc3ccccc23)ccc1N1CCCCC1. The predicted octanol–water partition coefficient (Wildman–Crippen LogP) is 5.96. The number of amides is 3. The fraction of sp³-hybridized carbons (Fsp3) is 0.333. The number of carbonyl (C=O) groups excluding carboxylic acids is 2. The second-order valence-corrected chi connectivity index (χ2v) is 8.36. The van der Waals surface area contributed by atoms with Crippen LogP contribution in [0.1, 0.15) is 43.5 Å². The normalized spacial score (nSPS) is 13.6. The number of fused-ring (bicyclic) bond motifs is 1. The van der Waals surface area contributed by atoms with Crippen LogP contribution in [-0.4, -0.2) is 43.0 Å². The van der Waals surface area contributed by atoms with Gasteiger partial charge in [0, 0.05) is 42.9 Å². The molecular formula is C27H32N4O2. The molecule has 2 N–H and O–H groups in total. The number of hydrogen-bond acceptors (Lipinski definition) is 3. The van der Waals surface area contributed by atoms with Crippen molar-refractivity contribution < 1.29 is 9.59 Å². The van der Waals surface area contributed by atoms with Gasteiger partial charge < -0.3 is 20.4 Å². The van der Waals surface area contributed by atoms with Gasteiger partial charge in [0.1, 0.15) is 0 Å². The molecule has 1 aliphatic heterocycles. The Balaban J connectivity index is 1.58. The third-order valence-corrected chi connectivity index (χ3v) is 6.27. The van der Waals surface area contributed by atoms with Gasteiger partial charge in [-0.05, 0) is 62.8 Å². The summed E-state index contributed by atoms with van der Waals surface area (Å²) in [7, 11) is 0. The lowest BCUT2D eigenvalue weighted by molar-refractivity contribution is 0.0773. The second kappa shape index (κ2) is 10.4. The molecule has 0 atom stereocenters. The minimum Gasteiger partial charge on any atom is -0.371 e. The second-order valence-electron chi connectivity index (χ2n) is 8.36. The Morgan fingerprint density at radius 3 is 2.36 bits per heavy atom. The highest BCUT2D eigenvalue weighted by Crippen LogP contribution is 2.29. The third kappa shape index (κ3) is 5.11. The summed E-state index contributed by atoms with van der Waals surface area (Å²) < 4.78 is 0. The first-order chi connectivity index (χ1) is 16.1. The van der Waals surface area contributed by atoms with E-state index in [4.69, 9.17) is 0 Å². The van der Waals surface area contributed by atoms with Crippen molar-refractivity contribution in [2.45, 2.75) is 33.1 Å². The molecule has 0 saturated carbocycles. The van der Waals surface area contributed by atoms with Gasteiger partial charge in [-0.15, -0.1) is 0 Å². The summed E-state index contributed by atoms with van der Waals surface area (Å²) in [4.78, 5) is 30.2. The number of urea groups is 1. The Bertz CT molecular complexity index is 1130. The van der Waals surface area contributed by atoms with Gasteiger partial charge in [0.25, 0.3) is 5.91 Å². The van der Waals surface area contributed by atoms with Gasteiger partial charge in [-0.3, -0.25) is 4.79 Å². The Morgan fingerprint density at radius 2 is 1.61 bits per heavy atom. The van der Waals surface area contributed by atoms with Gasteiger partial charge in [-0.1, -0.05) is 36.4 Å².